The number of rotatable bonds is 1. The van der Waals surface area contributed by atoms with Crippen LogP contribution in [-0.2, 0) is 6.54 Å². The minimum Gasteiger partial charge on any atom is -0.367 e. The van der Waals surface area contributed by atoms with E-state index in [-0.39, 0.29) is 0 Å². The molecule has 2 aliphatic rings. The molecule has 1 fully saturated rings. The molecule has 3 rings (SSSR count). The van der Waals surface area contributed by atoms with Crippen LogP contribution in [0.25, 0.3) is 0 Å². The predicted molar refractivity (Wildman–Crippen MR) is 77.1 cm³/mol. The number of aryl methyl sites for hydroxylation is 1. The average Bonchev–Trinajstić information content (AvgIpc) is 2.82. The maximum Gasteiger partial charge on any atom is 0.0444 e. The lowest BCUT2D eigenvalue weighted by atomic mass is 10.0. The second-order valence-corrected chi connectivity index (χ2v) is 5.96. The Balaban J connectivity index is 2.00. The van der Waals surface area contributed by atoms with Crippen LogP contribution in [0.1, 0.15) is 43.7 Å². The van der Waals surface area contributed by atoms with E-state index < -0.39 is 0 Å². The standard InChI is InChI=1S/C16H24N2/c1-12-6-5-7-14-10-17-13(2)11-18(16(12)14)15-8-3-4-9-15/h5-7,13,15,17H,3-4,8-11H2,1-2H3. The summed E-state index contributed by atoms with van der Waals surface area (Å²) < 4.78 is 0. The Kier molecular flexibility index (Phi) is 3.29. The van der Waals surface area contributed by atoms with Crippen LogP contribution in [0.2, 0.25) is 0 Å². The quantitative estimate of drug-likeness (QED) is 0.816. The summed E-state index contributed by atoms with van der Waals surface area (Å²) in [4.78, 5) is 2.70. The van der Waals surface area contributed by atoms with Crippen LogP contribution in [0, 0.1) is 6.92 Å². The van der Waals surface area contributed by atoms with E-state index >= 15 is 0 Å². The maximum absolute atomic E-state index is 3.64. The van der Waals surface area contributed by atoms with Gasteiger partial charge in [-0.25, -0.2) is 0 Å². The Morgan fingerprint density at radius 3 is 2.78 bits per heavy atom. The SMILES string of the molecule is Cc1cccc2c1N(C1CCCC1)CC(C)NC2. The molecular formula is C16H24N2. The smallest absolute Gasteiger partial charge is 0.0444 e. The van der Waals surface area contributed by atoms with Gasteiger partial charge >= 0.3 is 0 Å². The van der Waals surface area contributed by atoms with Gasteiger partial charge in [0.25, 0.3) is 0 Å². The molecule has 1 aliphatic carbocycles. The molecule has 98 valence electrons. The number of para-hydroxylation sites is 1. The number of hydrogen-bond acceptors (Lipinski definition) is 2. The summed E-state index contributed by atoms with van der Waals surface area (Å²) >= 11 is 0. The van der Waals surface area contributed by atoms with Crippen molar-refractivity contribution in [3.63, 3.8) is 0 Å². The maximum atomic E-state index is 3.64. The first-order valence-electron chi connectivity index (χ1n) is 7.34. The zero-order chi connectivity index (χ0) is 12.5. The molecule has 2 nitrogen and oxygen atoms in total. The summed E-state index contributed by atoms with van der Waals surface area (Å²) in [6, 6.07) is 8.09. The highest BCUT2D eigenvalue weighted by atomic mass is 15.2. The summed E-state index contributed by atoms with van der Waals surface area (Å²) in [7, 11) is 0. The molecular weight excluding hydrogens is 220 g/mol. The third-order valence-electron chi connectivity index (χ3n) is 4.49. The van der Waals surface area contributed by atoms with Gasteiger partial charge in [0.05, 0.1) is 0 Å². The van der Waals surface area contributed by atoms with Crippen molar-refractivity contribution in [3.05, 3.63) is 29.3 Å². The molecule has 1 heterocycles. The molecule has 2 heteroatoms. The second kappa shape index (κ2) is 4.93. The lowest BCUT2D eigenvalue weighted by Crippen LogP contribution is -2.41. The number of fused-ring (bicyclic) bond motifs is 1. The van der Waals surface area contributed by atoms with Crippen molar-refractivity contribution in [1.29, 1.82) is 0 Å². The van der Waals surface area contributed by atoms with Gasteiger partial charge in [-0.1, -0.05) is 31.0 Å². The van der Waals surface area contributed by atoms with E-state index in [2.05, 4.69) is 42.3 Å². The fourth-order valence-electron chi connectivity index (χ4n) is 3.56. The van der Waals surface area contributed by atoms with Gasteiger partial charge in [0.1, 0.15) is 0 Å². The van der Waals surface area contributed by atoms with E-state index in [0.29, 0.717) is 6.04 Å². The van der Waals surface area contributed by atoms with Gasteiger partial charge in [0.2, 0.25) is 0 Å². The molecule has 1 aromatic carbocycles. The molecule has 0 amide bonds. The Morgan fingerprint density at radius 2 is 2.00 bits per heavy atom. The molecule has 1 aromatic rings. The fourth-order valence-corrected chi connectivity index (χ4v) is 3.56. The fraction of sp³-hybridized carbons (Fsp3) is 0.625. The van der Waals surface area contributed by atoms with E-state index in [0.717, 1.165) is 19.1 Å². The molecule has 18 heavy (non-hydrogen) atoms. The molecule has 0 bridgehead atoms. The molecule has 1 unspecified atom stereocenters. The molecule has 1 aliphatic heterocycles. The van der Waals surface area contributed by atoms with Crippen molar-refractivity contribution < 1.29 is 0 Å². The van der Waals surface area contributed by atoms with Gasteiger partial charge in [-0.15, -0.1) is 0 Å². The van der Waals surface area contributed by atoms with Gasteiger partial charge in [-0.3, -0.25) is 0 Å². The molecule has 0 aromatic heterocycles. The molecule has 0 saturated heterocycles. The van der Waals surface area contributed by atoms with Crippen molar-refractivity contribution in [2.24, 2.45) is 0 Å². The van der Waals surface area contributed by atoms with E-state index in [1.54, 1.807) is 0 Å². The molecule has 1 saturated carbocycles. The highest BCUT2D eigenvalue weighted by molar-refractivity contribution is 5.61. The first-order valence-corrected chi connectivity index (χ1v) is 7.34. The normalized spacial score (nSPS) is 25.0. The summed E-state index contributed by atoms with van der Waals surface area (Å²) in [5.41, 5.74) is 4.43. The van der Waals surface area contributed by atoms with Crippen LogP contribution < -0.4 is 10.2 Å². The molecule has 1 N–H and O–H groups in total. The van der Waals surface area contributed by atoms with Crippen LogP contribution in [0.15, 0.2) is 18.2 Å². The lowest BCUT2D eigenvalue weighted by Gasteiger charge is -2.33. The second-order valence-electron chi connectivity index (χ2n) is 5.96. The number of nitrogens with zero attached hydrogens (tertiary/aromatic N) is 1. The number of anilines is 1. The van der Waals surface area contributed by atoms with Gasteiger partial charge in [0, 0.05) is 30.9 Å². The monoisotopic (exact) mass is 244 g/mol. The minimum absolute atomic E-state index is 0.581. The zero-order valence-corrected chi connectivity index (χ0v) is 11.6. The van der Waals surface area contributed by atoms with Crippen LogP contribution in [0.4, 0.5) is 5.69 Å². The number of hydrogen-bond donors (Lipinski definition) is 1. The van der Waals surface area contributed by atoms with Gasteiger partial charge in [-0.2, -0.15) is 0 Å². The Hall–Kier alpha value is -1.02. The van der Waals surface area contributed by atoms with Gasteiger partial charge in [-0.05, 0) is 37.8 Å². The van der Waals surface area contributed by atoms with Crippen molar-refractivity contribution in [3.8, 4) is 0 Å². The summed E-state index contributed by atoms with van der Waals surface area (Å²) in [5.74, 6) is 0. The van der Waals surface area contributed by atoms with Gasteiger partial charge in [0.15, 0.2) is 0 Å². The molecule has 0 spiro atoms. The third-order valence-corrected chi connectivity index (χ3v) is 4.49. The van der Waals surface area contributed by atoms with Crippen LogP contribution in [-0.4, -0.2) is 18.6 Å². The van der Waals surface area contributed by atoms with E-state index in [9.17, 15) is 0 Å². The molecule has 0 radical (unpaired) electrons. The largest absolute Gasteiger partial charge is 0.367 e. The first-order chi connectivity index (χ1) is 8.75. The Morgan fingerprint density at radius 1 is 1.22 bits per heavy atom. The average molecular weight is 244 g/mol. The number of nitrogens with one attached hydrogen (secondary N) is 1. The van der Waals surface area contributed by atoms with E-state index in [4.69, 9.17) is 0 Å². The number of benzene rings is 1. The Bertz CT molecular complexity index is 421. The topological polar surface area (TPSA) is 15.3 Å². The zero-order valence-electron chi connectivity index (χ0n) is 11.6. The highest BCUT2D eigenvalue weighted by Crippen LogP contribution is 2.34. The third kappa shape index (κ3) is 2.14. The summed E-state index contributed by atoms with van der Waals surface area (Å²) in [5, 5.41) is 3.64. The minimum atomic E-state index is 0.581. The van der Waals surface area contributed by atoms with Crippen LogP contribution in [0.3, 0.4) is 0 Å². The van der Waals surface area contributed by atoms with Gasteiger partial charge < -0.3 is 10.2 Å². The molecule has 1 atom stereocenters. The van der Waals surface area contributed by atoms with Crippen LogP contribution >= 0.6 is 0 Å². The van der Waals surface area contributed by atoms with Crippen LogP contribution in [0.5, 0.6) is 0 Å². The van der Waals surface area contributed by atoms with E-state index in [1.807, 2.05) is 0 Å². The summed E-state index contributed by atoms with van der Waals surface area (Å²) in [6.07, 6.45) is 5.56. The predicted octanol–water partition coefficient (Wildman–Crippen LogP) is 3.24. The first kappa shape index (κ1) is 12.0. The highest BCUT2D eigenvalue weighted by Gasteiger charge is 2.28. The van der Waals surface area contributed by atoms with E-state index in [1.165, 1.54) is 42.5 Å². The Labute approximate surface area is 110 Å². The van der Waals surface area contributed by atoms with Crippen molar-refractivity contribution in [2.45, 2.75) is 58.2 Å². The van der Waals surface area contributed by atoms with Crippen molar-refractivity contribution >= 4 is 5.69 Å². The van der Waals surface area contributed by atoms with Crippen molar-refractivity contribution in [1.82, 2.24) is 5.32 Å². The summed E-state index contributed by atoms with van der Waals surface area (Å²) in [6.45, 7) is 6.74. The lowest BCUT2D eigenvalue weighted by molar-refractivity contribution is 0.517. The van der Waals surface area contributed by atoms with Crippen molar-refractivity contribution in [2.75, 3.05) is 11.4 Å².